The Morgan fingerprint density at radius 3 is 2.56 bits per heavy atom. The molecular weight excluding hydrogens is 361 g/mol. The number of benzene rings is 2. The molecule has 0 N–H and O–H groups in total. The molecule has 4 rings (SSSR count). The van der Waals surface area contributed by atoms with Gasteiger partial charge in [-0.25, -0.2) is 4.39 Å². The Labute approximate surface area is 161 Å². The third-order valence-electron chi connectivity index (χ3n) is 4.21. The summed E-state index contributed by atoms with van der Waals surface area (Å²) in [4.78, 5) is 0. The van der Waals surface area contributed by atoms with Crippen molar-refractivity contribution < 1.29 is 8.81 Å². The van der Waals surface area contributed by atoms with Crippen LogP contribution in [-0.4, -0.2) is 14.8 Å². The zero-order chi connectivity index (χ0) is 18.6. The maximum absolute atomic E-state index is 14.3. The van der Waals surface area contributed by atoms with Crippen molar-refractivity contribution in [2.24, 2.45) is 0 Å². The molecule has 2 aromatic carbocycles. The maximum Gasteiger partial charge on any atom is 0.192 e. The molecule has 2 aromatic heterocycles. The van der Waals surface area contributed by atoms with Crippen LogP contribution in [0.15, 0.2) is 76.5 Å². The Morgan fingerprint density at radius 2 is 1.81 bits per heavy atom. The Balaban J connectivity index is 1.66. The van der Waals surface area contributed by atoms with Gasteiger partial charge in [0.1, 0.15) is 11.6 Å². The molecule has 0 atom stereocenters. The highest BCUT2D eigenvalue weighted by atomic mass is 32.2. The Kier molecular flexibility index (Phi) is 5.07. The molecule has 2 heterocycles. The van der Waals surface area contributed by atoms with E-state index >= 15 is 0 Å². The molecule has 0 bridgehead atoms. The van der Waals surface area contributed by atoms with Gasteiger partial charge in [0.15, 0.2) is 11.0 Å². The number of aryl methyl sites for hydroxylation is 1. The van der Waals surface area contributed by atoms with Gasteiger partial charge in [-0.05, 0) is 36.8 Å². The molecule has 0 amide bonds. The van der Waals surface area contributed by atoms with E-state index in [0.29, 0.717) is 17.9 Å². The van der Waals surface area contributed by atoms with Gasteiger partial charge in [-0.2, -0.15) is 0 Å². The highest BCUT2D eigenvalue weighted by molar-refractivity contribution is 7.98. The predicted octanol–water partition coefficient (Wildman–Crippen LogP) is 5.33. The summed E-state index contributed by atoms with van der Waals surface area (Å²) in [6, 6.07) is 18.7. The summed E-state index contributed by atoms with van der Waals surface area (Å²) in [5.41, 5.74) is 2.86. The van der Waals surface area contributed by atoms with Crippen LogP contribution in [0.4, 0.5) is 4.39 Å². The molecule has 0 aliphatic rings. The van der Waals surface area contributed by atoms with Crippen LogP contribution >= 0.6 is 11.8 Å². The highest BCUT2D eigenvalue weighted by Gasteiger charge is 2.18. The first-order chi connectivity index (χ1) is 13.2. The third kappa shape index (κ3) is 3.95. The van der Waals surface area contributed by atoms with Crippen LogP contribution in [0.1, 0.15) is 16.9 Å². The second kappa shape index (κ2) is 7.80. The van der Waals surface area contributed by atoms with E-state index in [2.05, 4.69) is 41.4 Å². The molecule has 0 aliphatic carbocycles. The minimum absolute atomic E-state index is 0.319. The molecule has 4 aromatic rings. The number of aromatic nitrogens is 3. The number of rotatable bonds is 6. The predicted molar refractivity (Wildman–Crippen MR) is 104 cm³/mol. The van der Waals surface area contributed by atoms with Gasteiger partial charge in [-0.15, -0.1) is 10.2 Å². The average Bonchev–Trinajstić information content (AvgIpc) is 3.33. The third-order valence-corrected chi connectivity index (χ3v) is 5.25. The maximum atomic E-state index is 14.3. The smallest absolute Gasteiger partial charge is 0.192 e. The standard InChI is InChI=1S/C21H18FN3OS/c1-15-8-10-16(11-9-15)14-27-21-24-23-20(18-6-2-3-7-19(18)22)25(21)13-17-5-4-12-26-17/h2-12H,13-14H2,1H3. The monoisotopic (exact) mass is 379 g/mol. The minimum Gasteiger partial charge on any atom is -0.467 e. The molecule has 136 valence electrons. The van der Waals surface area contributed by atoms with Crippen LogP contribution in [0.5, 0.6) is 0 Å². The van der Waals surface area contributed by atoms with E-state index in [1.54, 1.807) is 36.2 Å². The van der Waals surface area contributed by atoms with E-state index in [1.807, 2.05) is 16.7 Å². The van der Waals surface area contributed by atoms with Crippen molar-refractivity contribution in [1.82, 2.24) is 14.8 Å². The summed E-state index contributed by atoms with van der Waals surface area (Å²) in [6.45, 7) is 2.51. The Hall–Kier alpha value is -2.86. The summed E-state index contributed by atoms with van der Waals surface area (Å²) in [7, 11) is 0. The second-order valence-corrected chi connectivity index (χ2v) is 7.17. The van der Waals surface area contributed by atoms with Crippen LogP contribution < -0.4 is 0 Å². The molecule has 0 spiro atoms. The first-order valence-corrected chi connectivity index (χ1v) is 9.58. The van der Waals surface area contributed by atoms with Crippen molar-refractivity contribution in [3.63, 3.8) is 0 Å². The van der Waals surface area contributed by atoms with E-state index in [4.69, 9.17) is 4.42 Å². The summed E-state index contributed by atoms with van der Waals surface area (Å²) in [6.07, 6.45) is 1.63. The minimum atomic E-state index is -0.319. The summed E-state index contributed by atoms with van der Waals surface area (Å²) < 4.78 is 21.7. The molecule has 27 heavy (non-hydrogen) atoms. The topological polar surface area (TPSA) is 43.9 Å². The Bertz CT molecular complexity index is 1030. The van der Waals surface area contributed by atoms with E-state index in [9.17, 15) is 4.39 Å². The van der Waals surface area contributed by atoms with Gasteiger partial charge in [-0.1, -0.05) is 53.7 Å². The first kappa shape index (κ1) is 17.5. The van der Waals surface area contributed by atoms with Crippen LogP contribution in [0.3, 0.4) is 0 Å². The molecular formula is C21H18FN3OS. The van der Waals surface area contributed by atoms with Gasteiger partial charge in [0.05, 0.1) is 18.4 Å². The first-order valence-electron chi connectivity index (χ1n) is 8.59. The molecule has 0 saturated carbocycles. The SMILES string of the molecule is Cc1ccc(CSc2nnc(-c3ccccc3F)n2Cc2ccco2)cc1. The largest absolute Gasteiger partial charge is 0.467 e. The number of hydrogen-bond donors (Lipinski definition) is 0. The van der Waals surface area contributed by atoms with Gasteiger partial charge in [-0.3, -0.25) is 4.57 Å². The molecule has 0 fully saturated rings. The molecule has 0 saturated heterocycles. The zero-order valence-corrected chi connectivity index (χ0v) is 15.6. The Morgan fingerprint density at radius 1 is 1.00 bits per heavy atom. The number of halogens is 1. The van der Waals surface area contributed by atoms with E-state index in [-0.39, 0.29) is 5.82 Å². The number of furan rings is 1. The van der Waals surface area contributed by atoms with Crippen molar-refractivity contribution in [3.8, 4) is 11.4 Å². The lowest BCUT2D eigenvalue weighted by Gasteiger charge is -2.09. The summed E-state index contributed by atoms with van der Waals surface area (Å²) in [5, 5.41) is 9.31. The fourth-order valence-electron chi connectivity index (χ4n) is 2.77. The zero-order valence-electron chi connectivity index (χ0n) is 14.8. The van der Waals surface area contributed by atoms with E-state index < -0.39 is 0 Å². The number of hydrogen-bond acceptors (Lipinski definition) is 4. The average molecular weight is 379 g/mol. The second-order valence-electron chi connectivity index (χ2n) is 6.23. The van der Waals surface area contributed by atoms with Crippen molar-refractivity contribution >= 4 is 11.8 Å². The van der Waals surface area contributed by atoms with Gasteiger partial charge in [0.2, 0.25) is 0 Å². The lowest BCUT2D eigenvalue weighted by atomic mass is 10.2. The van der Waals surface area contributed by atoms with Crippen LogP contribution in [0, 0.1) is 12.7 Å². The lowest BCUT2D eigenvalue weighted by Crippen LogP contribution is -2.04. The number of nitrogens with zero attached hydrogens (tertiary/aromatic N) is 3. The van der Waals surface area contributed by atoms with Crippen molar-refractivity contribution in [1.29, 1.82) is 0 Å². The van der Waals surface area contributed by atoms with Gasteiger partial charge in [0, 0.05) is 5.75 Å². The van der Waals surface area contributed by atoms with E-state index in [0.717, 1.165) is 16.7 Å². The lowest BCUT2D eigenvalue weighted by molar-refractivity contribution is 0.485. The molecule has 4 nitrogen and oxygen atoms in total. The molecule has 0 unspecified atom stereocenters. The number of thioether (sulfide) groups is 1. The van der Waals surface area contributed by atoms with Crippen LogP contribution in [-0.2, 0) is 12.3 Å². The van der Waals surface area contributed by atoms with Gasteiger partial charge in [0.25, 0.3) is 0 Å². The van der Waals surface area contributed by atoms with Gasteiger partial charge >= 0.3 is 0 Å². The van der Waals surface area contributed by atoms with E-state index in [1.165, 1.54) is 17.2 Å². The van der Waals surface area contributed by atoms with Crippen molar-refractivity contribution in [2.45, 2.75) is 24.4 Å². The van der Waals surface area contributed by atoms with Crippen molar-refractivity contribution in [2.75, 3.05) is 0 Å². The molecule has 0 aliphatic heterocycles. The van der Waals surface area contributed by atoms with Crippen LogP contribution in [0.25, 0.3) is 11.4 Å². The summed E-state index contributed by atoms with van der Waals surface area (Å²) in [5.74, 6) is 1.70. The normalized spacial score (nSPS) is 11.0. The van der Waals surface area contributed by atoms with Crippen LogP contribution in [0.2, 0.25) is 0 Å². The fraction of sp³-hybridized carbons (Fsp3) is 0.143. The quantitative estimate of drug-likeness (QED) is 0.425. The molecule has 6 heteroatoms. The fourth-order valence-corrected chi connectivity index (χ4v) is 3.66. The highest BCUT2D eigenvalue weighted by Crippen LogP contribution is 2.28. The summed E-state index contributed by atoms with van der Waals surface area (Å²) >= 11 is 1.57. The molecule has 0 radical (unpaired) electrons. The van der Waals surface area contributed by atoms with Gasteiger partial charge < -0.3 is 4.42 Å². The van der Waals surface area contributed by atoms with Crippen molar-refractivity contribution in [3.05, 3.63) is 89.6 Å².